The number of aromatic hydroxyl groups is 1. The van der Waals surface area contributed by atoms with Crippen molar-refractivity contribution >= 4 is 23.2 Å². The molecule has 0 saturated heterocycles. The van der Waals surface area contributed by atoms with Gasteiger partial charge in [0.15, 0.2) is 11.4 Å². The van der Waals surface area contributed by atoms with Gasteiger partial charge in [0.05, 0.1) is 18.7 Å². The van der Waals surface area contributed by atoms with E-state index in [0.717, 1.165) is 11.1 Å². The first-order chi connectivity index (χ1) is 20.2. The molecule has 0 aromatic heterocycles. The van der Waals surface area contributed by atoms with Crippen LogP contribution in [0.4, 0.5) is 0 Å². The molecule has 11 nitrogen and oxygen atoms in total. The Labute approximate surface area is 249 Å². The second-order valence-corrected chi connectivity index (χ2v) is 12.0. The minimum absolute atomic E-state index is 0.0103. The third-order valence-electron chi connectivity index (χ3n) is 8.87. The number of nitrogens with zero attached hydrogens (tertiary/aromatic N) is 1. The van der Waals surface area contributed by atoms with Crippen LogP contribution in [-0.4, -0.2) is 81.7 Å². The number of nitrogens with one attached hydrogen (secondary N) is 1. The van der Waals surface area contributed by atoms with Crippen LogP contribution in [0, 0.1) is 11.8 Å². The molecule has 0 spiro atoms. The Morgan fingerprint density at radius 1 is 1.14 bits per heavy atom. The van der Waals surface area contributed by atoms with E-state index in [1.54, 1.807) is 27.3 Å². The maximum absolute atomic E-state index is 14.1. The molecule has 11 heteroatoms. The number of fused-ring (bicyclic) bond motifs is 3. The quantitative estimate of drug-likeness (QED) is 0.261. The van der Waals surface area contributed by atoms with Crippen molar-refractivity contribution in [2.24, 2.45) is 17.6 Å². The molecule has 3 aliphatic carbocycles. The SMILES string of the molecule is COc1ccc(CNC(C)C)cc1-c1ccc(O)c2c1C[C@@H]1C[C@@H]3C(N(C)C)C(=O)C(C(N)=O)=C(O)[C@]3(O)C(=O)C1=C2O. The van der Waals surface area contributed by atoms with Crippen LogP contribution in [-0.2, 0) is 27.3 Å². The highest BCUT2D eigenvalue weighted by molar-refractivity contribution is 6.24. The first-order valence-electron chi connectivity index (χ1n) is 14.1. The van der Waals surface area contributed by atoms with Crippen LogP contribution >= 0.6 is 0 Å². The van der Waals surface area contributed by atoms with Crippen molar-refractivity contribution in [2.75, 3.05) is 21.2 Å². The first-order valence-corrected chi connectivity index (χ1v) is 14.1. The monoisotopic (exact) mass is 591 g/mol. The number of ether oxygens (including phenoxy) is 1. The average Bonchev–Trinajstić information content (AvgIpc) is 2.93. The predicted octanol–water partition coefficient (Wildman–Crippen LogP) is 2.14. The zero-order chi connectivity index (χ0) is 31.5. The summed E-state index contributed by atoms with van der Waals surface area (Å²) in [5.41, 5.74) is 4.66. The van der Waals surface area contributed by atoms with Crippen molar-refractivity contribution in [2.45, 2.75) is 50.9 Å². The number of ketones is 2. The Hall–Kier alpha value is -4.19. The number of phenols is 1. The van der Waals surface area contributed by atoms with Gasteiger partial charge in [0.2, 0.25) is 5.78 Å². The Morgan fingerprint density at radius 2 is 1.84 bits per heavy atom. The van der Waals surface area contributed by atoms with Gasteiger partial charge in [0.25, 0.3) is 5.91 Å². The summed E-state index contributed by atoms with van der Waals surface area (Å²) in [6.45, 7) is 4.70. The van der Waals surface area contributed by atoms with Gasteiger partial charge in [-0.2, -0.15) is 0 Å². The van der Waals surface area contributed by atoms with Gasteiger partial charge in [-0.15, -0.1) is 0 Å². The summed E-state index contributed by atoms with van der Waals surface area (Å²) in [5, 5.41) is 48.7. The lowest BCUT2D eigenvalue weighted by atomic mass is 9.57. The van der Waals surface area contributed by atoms with Crippen molar-refractivity contribution in [3.8, 4) is 22.6 Å². The number of hydrogen-bond acceptors (Lipinski definition) is 10. The number of methoxy groups -OCH3 is 1. The molecule has 0 bridgehead atoms. The molecule has 1 fully saturated rings. The topological polar surface area (TPSA) is 183 Å². The smallest absolute Gasteiger partial charge is 0.255 e. The number of nitrogens with two attached hydrogens (primary N) is 1. The number of likely N-dealkylation sites (N-methyl/N-ethyl adjacent to an activating group) is 1. The molecule has 0 heterocycles. The molecule has 5 rings (SSSR count). The Morgan fingerprint density at radius 3 is 2.44 bits per heavy atom. The molecule has 1 saturated carbocycles. The molecule has 7 N–H and O–H groups in total. The van der Waals surface area contributed by atoms with Gasteiger partial charge in [-0.1, -0.05) is 26.0 Å². The predicted molar refractivity (Wildman–Crippen MR) is 158 cm³/mol. The standard InChI is InChI=1S/C32H37N3O8/c1-14(2)34-13-15-6-9-22(43-5)18(10-15)17-7-8-21(36)24-19(17)11-16-12-20-26(35(3)4)28(38)25(31(33)41)30(40)32(20,42)29(39)23(16)27(24)37/h6-10,14,16,20,26,34,36-37,40,42H,11-13H2,1-5H3,(H2,33,41)/t16-,20-,26?,32-/m1/s1. The fourth-order valence-corrected chi connectivity index (χ4v) is 6.89. The third kappa shape index (κ3) is 4.59. The molecule has 2 aromatic rings. The van der Waals surface area contributed by atoms with Gasteiger partial charge in [0, 0.05) is 29.6 Å². The summed E-state index contributed by atoms with van der Waals surface area (Å²) in [5.74, 6) is -6.28. The number of aliphatic hydroxyl groups excluding tert-OH is 2. The van der Waals surface area contributed by atoms with Crippen LogP contribution in [0.2, 0.25) is 0 Å². The number of rotatable bonds is 7. The lowest BCUT2D eigenvalue weighted by Gasteiger charge is -2.50. The molecule has 4 atom stereocenters. The van der Waals surface area contributed by atoms with Crippen molar-refractivity contribution in [1.29, 1.82) is 0 Å². The molecular weight excluding hydrogens is 554 g/mol. The van der Waals surface area contributed by atoms with Gasteiger partial charge >= 0.3 is 0 Å². The van der Waals surface area contributed by atoms with Crippen molar-refractivity contribution < 1.29 is 39.5 Å². The molecular formula is C32H37N3O8. The zero-order valence-corrected chi connectivity index (χ0v) is 24.8. The molecule has 43 heavy (non-hydrogen) atoms. The van der Waals surface area contributed by atoms with E-state index in [-0.39, 0.29) is 35.8 Å². The number of carbonyl (C=O) groups excluding carboxylic acids is 3. The van der Waals surface area contributed by atoms with E-state index in [0.29, 0.717) is 23.4 Å². The summed E-state index contributed by atoms with van der Waals surface area (Å²) in [6, 6.07) is 8.03. The first kappa shape index (κ1) is 30.3. The highest BCUT2D eigenvalue weighted by Crippen LogP contribution is 2.54. The molecule has 2 aromatic carbocycles. The minimum Gasteiger partial charge on any atom is -0.508 e. The van der Waals surface area contributed by atoms with E-state index in [1.165, 1.54) is 11.0 Å². The maximum Gasteiger partial charge on any atom is 0.255 e. The lowest BCUT2D eigenvalue weighted by molar-refractivity contribution is -0.153. The van der Waals surface area contributed by atoms with Crippen LogP contribution in [0.25, 0.3) is 16.9 Å². The second-order valence-electron chi connectivity index (χ2n) is 12.0. The number of benzene rings is 2. The number of aliphatic hydroxyl groups is 3. The fraction of sp³-hybridized carbons (Fsp3) is 0.406. The van der Waals surface area contributed by atoms with Crippen molar-refractivity contribution in [3.63, 3.8) is 0 Å². The number of carbonyl (C=O) groups is 3. The van der Waals surface area contributed by atoms with E-state index < -0.39 is 58.0 Å². The Kier molecular flexibility index (Phi) is 7.62. The fourth-order valence-electron chi connectivity index (χ4n) is 6.89. The van der Waals surface area contributed by atoms with Crippen LogP contribution in [0.15, 0.2) is 47.2 Å². The molecule has 228 valence electrons. The summed E-state index contributed by atoms with van der Waals surface area (Å²) < 4.78 is 5.67. The number of phenolic OH excluding ortho intramolecular Hbond substituents is 1. The van der Waals surface area contributed by atoms with Crippen molar-refractivity contribution in [3.05, 3.63) is 63.9 Å². The molecule has 1 unspecified atom stereocenters. The second kappa shape index (κ2) is 10.8. The zero-order valence-electron chi connectivity index (χ0n) is 24.8. The van der Waals surface area contributed by atoms with Gasteiger partial charge in [-0.25, -0.2) is 0 Å². The number of primary amides is 1. The summed E-state index contributed by atoms with van der Waals surface area (Å²) in [6.07, 6.45) is 0.187. The van der Waals surface area contributed by atoms with E-state index in [1.807, 2.05) is 32.0 Å². The lowest BCUT2D eigenvalue weighted by Crippen LogP contribution is -2.65. The van der Waals surface area contributed by atoms with Gasteiger partial charge in [0.1, 0.15) is 28.6 Å². The van der Waals surface area contributed by atoms with Crippen LogP contribution < -0.4 is 15.8 Å². The van der Waals surface area contributed by atoms with Crippen molar-refractivity contribution in [1.82, 2.24) is 10.2 Å². The molecule has 0 radical (unpaired) electrons. The largest absolute Gasteiger partial charge is 0.508 e. The Balaban J connectivity index is 1.70. The summed E-state index contributed by atoms with van der Waals surface area (Å²) >= 11 is 0. The number of hydrogen-bond donors (Lipinski definition) is 6. The van der Waals surface area contributed by atoms with E-state index in [9.17, 15) is 34.8 Å². The highest BCUT2D eigenvalue weighted by Gasteiger charge is 2.64. The minimum atomic E-state index is -2.68. The Bertz CT molecular complexity index is 1610. The highest BCUT2D eigenvalue weighted by atomic mass is 16.5. The third-order valence-corrected chi connectivity index (χ3v) is 8.87. The van der Waals surface area contributed by atoms with Gasteiger partial charge < -0.3 is 36.2 Å². The molecule has 3 aliphatic rings. The van der Waals surface area contributed by atoms with E-state index in [2.05, 4.69) is 5.32 Å². The van der Waals surface area contributed by atoms with Gasteiger partial charge in [-0.05, 0) is 67.7 Å². The van der Waals surface area contributed by atoms with E-state index in [4.69, 9.17) is 10.5 Å². The summed E-state index contributed by atoms with van der Waals surface area (Å²) in [7, 11) is 4.68. The van der Waals surface area contributed by atoms with Crippen LogP contribution in [0.5, 0.6) is 11.5 Å². The maximum atomic E-state index is 14.1. The average molecular weight is 592 g/mol. The number of amides is 1. The van der Waals surface area contributed by atoms with E-state index >= 15 is 0 Å². The van der Waals surface area contributed by atoms with Crippen LogP contribution in [0.3, 0.4) is 0 Å². The molecule has 0 aliphatic heterocycles. The van der Waals surface area contributed by atoms with Gasteiger partial charge in [-0.3, -0.25) is 19.3 Å². The normalized spacial score (nSPS) is 25.2. The number of Topliss-reactive ketones (excluding diaryl/α,β-unsaturated/α-hetero) is 2. The van der Waals surface area contributed by atoms with Crippen LogP contribution in [0.1, 0.15) is 37.0 Å². The summed E-state index contributed by atoms with van der Waals surface area (Å²) in [4.78, 5) is 41.1. The molecule has 1 amide bonds.